The molecule has 1 aromatic rings. The first kappa shape index (κ1) is 15.3. The number of hydrogen-bond donors (Lipinski definition) is 1. The largest absolute Gasteiger partial charge is 0.481 e. The molecule has 5 nitrogen and oxygen atoms in total. The number of amides is 2. The molecular formula is C15H19FN2O3. The fourth-order valence-electron chi connectivity index (χ4n) is 2.65. The average Bonchev–Trinajstić information content (AvgIpc) is 2.46. The van der Waals surface area contributed by atoms with Gasteiger partial charge in [0.2, 0.25) is 0 Å². The highest BCUT2D eigenvalue weighted by atomic mass is 19.1. The Kier molecular flexibility index (Phi) is 4.45. The van der Waals surface area contributed by atoms with Gasteiger partial charge >= 0.3 is 12.0 Å². The third-order valence-electron chi connectivity index (χ3n) is 3.97. The van der Waals surface area contributed by atoms with Crippen molar-refractivity contribution in [1.82, 2.24) is 4.90 Å². The maximum atomic E-state index is 12.9. The van der Waals surface area contributed by atoms with Crippen molar-refractivity contribution in [3.63, 3.8) is 0 Å². The fourth-order valence-corrected chi connectivity index (χ4v) is 2.65. The van der Waals surface area contributed by atoms with Crippen LogP contribution in [0.4, 0.5) is 14.9 Å². The Morgan fingerprint density at radius 2 is 1.95 bits per heavy atom. The summed E-state index contributed by atoms with van der Waals surface area (Å²) < 4.78 is 12.9. The molecule has 0 bridgehead atoms. The molecule has 1 aliphatic heterocycles. The highest BCUT2D eigenvalue weighted by Crippen LogP contribution is 2.25. The molecule has 0 aliphatic carbocycles. The molecule has 0 saturated carbocycles. The van der Waals surface area contributed by atoms with E-state index < -0.39 is 5.97 Å². The summed E-state index contributed by atoms with van der Waals surface area (Å²) >= 11 is 0. The van der Waals surface area contributed by atoms with Crippen molar-refractivity contribution in [3.05, 3.63) is 30.1 Å². The Bertz CT molecular complexity index is 532. The van der Waals surface area contributed by atoms with Crippen LogP contribution in [0.15, 0.2) is 24.3 Å². The van der Waals surface area contributed by atoms with Gasteiger partial charge in [0.05, 0.1) is 5.92 Å². The molecule has 1 fully saturated rings. The van der Waals surface area contributed by atoms with Gasteiger partial charge in [-0.15, -0.1) is 0 Å². The van der Waals surface area contributed by atoms with Gasteiger partial charge in [0.1, 0.15) is 5.82 Å². The first-order valence-corrected chi connectivity index (χ1v) is 6.93. The summed E-state index contributed by atoms with van der Waals surface area (Å²) in [6, 6.07) is 5.37. The predicted molar refractivity (Wildman–Crippen MR) is 76.7 cm³/mol. The highest BCUT2D eigenvalue weighted by molar-refractivity contribution is 5.91. The molecule has 2 unspecified atom stereocenters. The smallest absolute Gasteiger partial charge is 0.324 e. The Morgan fingerprint density at radius 3 is 2.48 bits per heavy atom. The number of rotatable bonds is 2. The molecule has 0 aromatic heterocycles. The second kappa shape index (κ2) is 6.11. The lowest BCUT2D eigenvalue weighted by atomic mass is 9.92. The quantitative estimate of drug-likeness (QED) is 0.912. The van der Waals surface area contributed by atoms with Crippen molar-refractivity contribution in [3.8, 4) is 0 Å². The molecular weight excluding hydrogens is 275 g/mol. The molecule has 114 valence electrons. The molecule has 2 rings (SSSR count). The Labute approximate surface area is 123 Å². The van der Waals surface area contributed by atoms with Crippen LogP contribution in [0.2, 0.25) is 0 Å². The second-order valence-corrected chi connectivity index (χ2v) is 5.42. The van der Waals surface area contributed by atoms with Crippen molar-refractivity contribution in [1.29, 1.82) is 0 Å². The van der Waals surface area contributed by atoms with Crippen molar-refractivity contribution >= 4 is 17.7 Å². The maximum absolute atomic E-state index is 12.9. The summed E-state index contributed by atoms with van der Waals surface area (Å²) in [5, 5.41) is 9.04. The summed E-state index contributed by atoms with van der Waals surface area (Å²) in [6.45, 7) is 2.27. The predicted octanol–water partition coefficient (Wildman–Crippen LogP) is 2.57. The van der Waals surface area contributed by atoms with Gasteiger partial charge in [0.25, 0.3) is 0 Å². The fraction of sp³-hybridized carbons (Fsp3) is 0.467. The number of carbonyl (C=O) groups is 2. The van der Waals surface area contributed by atoms with Gasteiger partial charge in [0, 0.05) is 25.3 Å². The minimum atomic E-state index is -0.805. The minimum absolute atomic E-state index is 0.129. The SMILES string of the molecule is CC1CC(C(=O)O)CCN1C(=O)N(C)c1ccc(F)cc1. The molecule has 1 saturated heterocycles. The van der Waals surface area contributed by atoms with E-state index in [-0.39, 0.29) is 23.8 Å². The molecule has 1 N–H and O–H groups in total. The van der Waals surface area contributed by atoms with Crippen LogP contribution in [0.25, 0.3) is 0 Å². The zero-order valence-corrected chi connectivity index (χ0v) is 12.1. The minimum Gasteiger partial charge on any atom is -0.481 e. The zero-order chi connectivity index (χ0) is 15.6. The molecule has 2 atom stereocenters. The molecule has 21 heavy (non-hydrogen) atoms. The van der Waals surface area contributed by atoms with Gasteiger partial charge in [-0.1, -0.05) is 0 Å². The topological polar surface area (TPSA) is 60.9 Å². The van der Waals surface area contributed by atoms with Gasteiger partial charge < -0.3 is 10.0 Å². The van der Waals surface area contributed by atoms with E-state index in [2.05, 4.69) is 0 Å². The Hall–Kier alpha value is -2.11. The maximum Gasteiger partial charge on any atom is 0.324 e. The number of hydrogen-bond acceptors (Lipinski definition) is 2. The van der Waals surface area contributed by atoms with E-state index in [0.29, 0.717) is 25.1 Å². The number of urea groups is 1. The van der Waals surface area contributed by atoms with E-state index in [0.717, 1.165) is 0 Å². The van der Waals surface area contributed by atoms with Crippen LogP contribution in [0.5, 0.6) is 0 Å². The van der Waals surface area contributed by atoms with Gasteiger partial charge in [-0.05, 0) is 44.0 Å². The van der Waals surface area contributed by atoms with Crippen molar-refractivity contribution in [2.75, 3.05) is 18.5 Å². The number of halogens is 1. The summed E-state index contributed by atoms with van der Waals surface area (Å²) in [6.07, 6.45) is 0.918. The lowest BCUT2D eigenvalue weighted by molar-refractivity contribution is -0.143. The summed E-state index contributed by atoms with van der Waals surface area (Å²) in [5.41, 5.74) is 0.606. The van der Waals surface area contributed by atoms with Gasteiger partial charge in [-0.3, -0.25) is 9.69 Å². The van der Waals surface area contributed by atoms with Gasteiger partial charge in [-0.25, -0.2) is 9.18 Å². The van der Waals surface area contributed by atoms with E-state index >= 15 is 0 Å². The standard InChI is InChI=1S/C15H19FN2O3/c1-10-9-11(14(19)20)7-8-18(10)15(21)17(2)13-5-3-12(16)4-6-13/h3-6,10-11H,7-9H2,1-2H3,(H,19,20). The van der Waals surface area contributed by atoms with E-state index in [1.165, 1.54) is 17.0 Å². The van der Waals surface area contributed by atoms with Crippen LogP contribution in [0.1, 0.15) is 19.8 Å². The van der Waals surface area contributed by atoms with Crippen molar-refractivity contribution in [2.45, 2.75) is 25.8 Å². The van der Waals surface area contributed by atoms with E-state index in [1.807, 2.05) is 6.92 Å². The summed E-state index contributed by atoms with van der Waals surface area (Å²) in [4.78, 5) is 26.6. The molecule has 6 heteroatoms. The van der Waals surface area contributed by atoms with Gasteiger partial charge in [-0.2, -0.15) is 0 Å². The van der Waals surface area contributed by atoms with E-state index in [1.54, 1.807) is 24.1 Å². The number of carboxylic acids is 1. The second-order valence-electron chi connectivity index (χ2n) is 5.42. The number of benzene rings is 1. The number of aliphatic carboxylic acids is 1. The third-order valence-corrected chi connectivity index (χ3v) is 3.97. The molecule has 1 aromatic carbocycles. The van der Waals surface area contributed by atoms with Crippen LogP contribution >= 0.6 is 0 Å². The lowest BCUT2D eigenvalue weighted by Gasteiger charge is -2.38. The third kappa shape index (κ3) is 3.32. The molecule has 0 radical (unpaired) electrons. The van der Waals surface area contributed by atoms with E-state index in [4.69, 9.17) is 5.11 Å². The zero-order valence-electron chi connectivity index (χ0n) is 12.1. The Morgan fingerprint density at radius 1 is 1.33 bits per heavy atom. The van der Waals surface area contributed by atoms with Crippen LogP contribution in [-0.4, -0.2) is 41.6 Å². The van der Waals surface area contributed by atoms with Crippen molar-refractivity contribution in [2.24, 2.45) is 5.92 Å². The number of likely N-dealkylation sites (tertiary alicyclic amines) is 1. The van der Waals surface area contributed by atoms with Crippen LogP contribution in [0, 0.1) is 11.7 Å². The van der Waals surface area contributed by atoms with E-state index in [9.17, 15) is 14.0 Å². The highest BCUT2D eigenvalue weighted by Gasteiger charge is 2.33. The molecule has 1 heterocycles. The number of nitrogens with zero attached hydrogens (tertiary/aromatic N) is 2. The van der Waals surface area contributed by atoms with Crippen LogP contribution < -0.4 is 4.90 Å². The number of carbonyl (C=O) groups excluding carboxylic acids is 1. The van der Waals surface area contributed by atoms with Crippen LogP contribution in [0.3, 0.4) is 0 Å². The van der Waals surface area contributed by atoms with Gasteiger partial charge in [0.15, 0.2) is 0 Å². The molecule has 2 amide bonds. The monoisotopic (exact) mass is 294 g/mol. The van der Waals surface area contributed by atoms with Crippen molar-refractivity contribution < 1.29 is 19.1 Å². The lowest BCUT2D eigenvalue weighted by Crippen LogP contribution is -2.50. The number of piperidine rings is 1. The number of anilines is 1. The molecule has 0 spiro atoms. The summed E-state index contributed by atoms with van der Waals surface area (Å²) in [7, 11) is 1.63. The van der Waals surface area contributed by atoms with Crippen LogP contribution in [-0.2, 0) is 4.79 Å². The first-order chi connectivity index (χ1) is 9.90. The first-order valence-electron chi connectivity index (χ1n) is 6.93. The molecule has 1 aliphatic rings. The Balaban J connectivity index is 2.06. The normalized spacial score (nSPS) is 22.0. The number of carboxylic acid groups (broad SMARTS) is 1. The summed E-state index contributed by atoms with van der Waals surface area (Å²) in [5.74, 6) is -1.55. The average molecular weight is 294 g/mol.